The lowest BCUT2D eigenvalue weighted by Gasteiger charge is -2.30. The summed E-state index contributed by atoms with van der Waals surface area (Å²) in [6, 6.07) is 0. The number of phosphoric ester groups is 3. The number of phosphoric acid groups is 3. The lowest BCUT2D eigenvalue weighted by atomic mass is 9.87. The number of carbonyl (C=O) groups is 4. The molecule has 7 atom stereocenters. The Morgan fingerprint density at radius 3 is 2.37 bits per heavy atom. The van der Waals surface area contributed by atoms with Crippen LogP contribution in [0.5, 0.6) is 0 Å². The van der Waals surface area contributed by atoms with Gasteiger partial charge in [-0.15, -0.1) is 0 Å². The number of nitrogen functional groups attached to an aromatic ring is 1. The fourth-order valence-electron chi connectivity index (χ4n) is 4.89. The molecule has 0 bridgehead atoms. The van der Waals surface area contributed by atoms with Crippen molar-refractivity contribution >= 4 is 74.9 Å². The normalized spacial score (nSPS) is 21.4. The number of fused-ring (bicyclic) bond motifs is 1. The second kappa shape index (κ2) is 20.9. The third-order valence-corrected chi connectivity index (χ3v) is 11.8. The van der Waals surface area contributed by atoms with E-state index in [1.807, 2.05) is 0 Å². The molecule has 26 nitrogen and oxygen atoms in total. The number of Topliss-reactive ketones (excluding diaryl/α,β-unsaturated/α-hetero) is 1. The molecule has 3 unspecified atom stereocenters. The molecule has 3 heterocycles. The summed E-state index contributed by atoms with van der Waals surface area (Å²) < 4.78 is 62.0. The first kappa shape index (κ1) is 48.6. The lowest BCUT2D eigenvalue weighted by Crippen LogP contribution is -2.46. The Morgan fingerprint density at radius 1 is 1.02 bits per heavy atom. The summed E-state index contributed by atoms with van der Waals surface area (Å²) in [5, 5.41) is 25.6. The maximum Gasteiger partial charge on any atom is 0.481 e. The fraction of sp³-hybridized carbons (Fsp3) is 0.667. The molecule has 1 aliphatic rings. The zero-order chi connectivity index (χ0) is 42.8. The Balaban J connectivity index is 1.47. The number of ketones is 1. The number of unbranched alkanes of at least 4 members (excludes halogenated alkanes) is 1. The molecule has 0 spiro atoms. The minimum absolute atomic E-state index is 0.0219. The summed E-state index contributed by atoms with van der Waals surface area (Å²) in [5.74, 6) is -1.98. The first-order chi connectivity index (χ1) is 26.5. The van der Waals surface area contributed by atoms with Crippen molar-refractivity contribution in [1.82, 2.24) is 30.2 Å². The van der Waals surface area contributed by atoms with Crippen molar-refractivity contribution in [2.45, 2.75) is 70.2 Å². The van der Waals surface area contributed by atoms with Gasteiger partial charge >= 0.3 is 23.5 Å². The van der Waals surface area contributed by atoms with Gasteiger partial charge in [-0.25, -0.2) is 28.6 Å². The molecule has 30 heteroatoms. The topological polar surface area (TPSA) is 407 Å². The van der Waals surface area contributed by atoms with Crippen LogP contribution in [0, 0.1) is 5.41 Å². The van der Waals surface area contributed by atoms with Crippen LogP contribution in [0.2, 0.25) is 0 Å². The van der Waals surface area contributed by atoms with Gasteiger partial charge in [-0.3, -0.25) is 37.3 Å². The molecule has 2 amide bonds. The first-order valence-electron chi connectivity index (χ1n) is 16.8. The average Bonchev–Trinajstić information content (AvgIpc) is 3.68. The van der Waals surface area contributed by atoms with E-state index < -0.39 is 95.5 Å². The molecule has 1 saturated heterocycles. The second-order valence-electron chi connectivity index (χ2n) is 12.9. The van der Waals surface area contributed by atoms with Gasteiger partial charge in [0.25, 0.3) is 5.12 Å². The predicted octanol–water partition coefficient (Wildman–Crippen LogP) is -1.64. The Labute approximate surface area is 328 Å². The third-order valence-electron chi connectivity index (χ3n) is 7.82. The average molecular weight is 895 g/mol. The number of aliphatic hydroxyl groups excluding tert-OH is 2. The van der Waals surface area contributed by atoms with E-state index >= 15 is 0 Å². The molecule has 322 valence electrons. The molecule has 3 rings (SSSR count). The van der Waals surface area contributed by atoms with Crippen LogP contribution in [0.3, 0.4) is 0 Å². The van der Waals surface area contributed by atoms with Crippen molar-refractivity contribution in [3.05, 3.63) is 12.7 Å². The van der Waals surface area contributed by atoms with Gasteiger partial charge in [0, 0.05) is 37.1 Å². The van der Waals surface area contributed by atoms with E-state index in [1.165, 1.54) is 13.8 Å². The fourth-order valence-corrected chi connectivity index (χ4v) is 8.37. The summed E-state index contributed by atoms with van der Waals surface area (Å²) in [6.45, 7) is 0.617. The molecular formula is C27H45N8O18P3S. The number of hydrogen-bond acceptors (Lipinski definition) is 20. The summed E-state index contributed by atoms with van der Waals surface area (Å²) in [7, 11) is -16.4. The van der Waals surface area contributed by atoms with Gasteiger partial charge < -0.3 is 56.6 Å². The zero-order valence-electron chi connectivity index (χ0n) is 30.4. The van der Waals surface area contributed by atoms with Crippen LogP contribution in [0.25, 0.3) is 11.2 Å². The highest BCUT2D eigenvalue weighted by atomic mass is 32.2. The predicted molar refractivity (Wildman–Crippen MR) is 195 cm³/mol. The minimum Gasteiger partial charge on any atom is -0.386 e. The van der Waals surface area contributed by atoms with Crippen LogP contribution in [-0.4, -0.2) is 135 Å². The third kappa shape index (κ3) is 15.1. The van der Waals surface area contributed by atoms with Crippen molar-refractivity contribution in [2.75, 3.05) is 44.3 Å². The number of anilines is 1. The number of hydrogen-bond donors (Lipinski definition) is 10. The van der Waals surface area contributed by atoms with Gasteiger partial charge in [0.2, 0.25) is 17.6 Å². The summed E-state index contributed by atoms with van der Waals surface area (Å²) in [6.07, 6.45) is -5.86. The quantitative estimate of drug-likeness (QED) is 0.0321. The van der Waals surface area contributed by atoms with Gasteiger partial charge in [-0.2, -0.15) is 4.31 Å². The Bertz CT molecular complexity index is 1880. The van der Waals surface area contributed by atoms with Crippen LogP contribution in [-0.2, 0) is 55.5 Å². The van der Waals surface area contributed by atoms with Crippen molar-refractivity contribution in [2.24, 2.45) is 11.1 Å². The number of aliphatic hydroxyl groups is 2. The van der Waals surface area contributed by atoms with E-state index in [1.54, 1.807) is 0 Å². The molecule has 0 aliphatic carbocycles. The number of amides is 2. The van der Waals surface area contributed by atoms with E-state index in [9.17, 15) is 62.7 Å². The van der Waals surface area contributed by atoms with Gasteiger partial charge in [-0.1, -0.05) is 25.6 Å². The standard InChI is InChI=1S/C27H45N8O18P3S/c1-27(2,21(39)24(40)31-8-6-17(37)30-9-10-57-26(41)15(36)5-3-4-7-28)12-50-56(47,48)53-55(45,46)49-11-16-20(52-54(42,43)44)19(38)25(51-16)35-14-34-18-22(29)32-13-33-23(18)35/h13-14,16,19-21,25,38-39H,3-12,28H2,1-2H3,(H,30,37)(H,31,40)(H,45,46)(H,47,48)(H2,29,32,33)(H2,42,43,44)/t16-,19-,20-,21?,25-/m1/s1. The van der Waals surface area contributed by atoms with Gasteiger partial charge in [0.15, 0.2) is 17.7 Å². The Hall–Kier alpha value is -2.81. The second-order valence-corrected chi connectivity index (χ2v) is 18.2. The van der Waals surface area contributed by atoms with E-state index in [0.717, 1.165) is 29.0 Å². The SMILES string of the molecule is CC(C)(COP(=O)(O)OP(=O)(O)OC[C@H]1O[C@@H](n2cnc3c(N)ncnc32)[C@H](O)[C@@H]1OP(=O)(O)O)C(O)C(=O)NCCC(=O)NCCSC(=O)C(=O)CCCCN. The monoisotopic (exact) mass is 894 g/mol. The van der Waals surface area contributed by atoms with Crippen molar-refractivity contribution < 1.29 is 85.3 Å². The summed E-state index contributed by atoms with van der Waals surface area (Å²) in [4.78, 5) is 99.1. The number of carbonyl (C=O) groups excluding carboxylic acids is 4. The maximum absolute atomic E-state index is 12.7. The molecule has 2 aromatic rings. The molecular weight excluding hydrogens is 849 g/mol. The number of rotatable bonds is 24. The van der Waals surface area contributed by atoms with Gasteiger partial charge in [-0.05, 0) is 19.4 Å². The molecule has 57 heavy (non-hydrogen) atoms. The number of nitrogens with zero attached hydrogens (tertiary/aromatic N) is 4. The van der Waals surface area contributed by atoms with E-state index in [0.29, 0.717) is 19.4 Å². The molecule has 1 fully saturated rings. The van der Waals surface area contributed by atoms with Crippen LogP contribution in [0.1, 0.15) is 45.8 Å². The highest BCUT2D eigenvalue weighted by Gasteiger charge is 2.50. The Morgan fingerprint density at radius 2 is 1.70 bits per heavy atom. The number of nitrogens with one attached hydrogen (secondary N) is 2. The molecule has 2 aromatic heterocycles. The minimum atomic E-state index is -5.59. The highest BCUT2D eigenvalue weighted by molar-refractivity contribution is 8.15. The van der Waals surface area contributed by atoms with Crippen LogP contribution in [0.15, 0.2) is 12.7 Å². The maximum atomic E-state index is 12.7. The van der Waals surface area contributed by atoms with Crippen LogP contribution >= 0.6 is 35.2 Å². The number of thioether (sulfide) groups is 1. The smallest absolute Gasteiger partial charge is 0.386 e. The van der Waals surface area contributed by atoms with Crippen molar-refractivity contribution in [3.8, 4) is 0 Å². The number of imidazole rings is 1. The molecule has 0 aromatic carbocycles. The van der Waals surface area contributed by atoms with Crippen molar-refractivity contribution in [3.63, 3.8) is 0 Å². The zero-order valence-corrected chi connectivity index (χ0v) is 33.9. The van der Waals surface area contributed by atoms with Gasteiger partial charge in [0.05, 0.1) is 19.5 Å². The van der Waals surface area contributed by atoms with Gasteiger partial charge in [0.1, 0.15) is 36.3 Å². The summed E-state index contributed by atoms with van der Waals surface area (Å²) >= 11 is 0.756. The van der Waals surface area contributed by atoms with Crippen LogP contribution < -0.4 is 22.1 Å². The van der Waals surface area contributed by atoms with E-state index in [2.05, 4.69) is 34.4 Å². The number of nitrogens with two attached hydrogens (primary N) is 2. The molecule has 0 radical (unpaired) electrons. The Kier molecular flexibility index (Phi) is 17.8. The lowest BCUT2D eigenvalue weighted by molar-refractivity contribution is -0.137. The van der Waals surface area contributed by atoms with E-state index in [-0.39, 0.29) is 48.7 Å². The highest BCUT2D eigenvalue weighted by Crippen LogP contribution is 2.61. The number of ether oxygens (including phenoxy) is 1. The molecule has 12 N–H and O–H groups in total. The number of aromatic nitrogens is 4. The molecule has 0 saturated carbocycles. The van der Waals surface area contributed by atoms with E-state index in [4.69, 9.17) is 25.3 Å². The summed E-state index contributed by atoms with van der Waals surface area (Å²) in [5.41, 5.74) is 9.56. The van der Waals surface area contributed by atoms with Crippen molar-refractivity contribution in [1.29, 1.82) is 0 Å². The molecule has 1 aliphatic heterocycles. The largest absolute Gasteiger partial charge is 0.481 e. The van der Waals surface area contributed by atoms with Crippen LogP contribution in [0.4, 0.5) is 5.82 Å². The first-order valence-corrected chi connectivity index (χ1v) is 22.3.